The Bertz CT molecular complexity index is 1390. The van der Waals surface area contributed by atoms with Crippen LogP contribution in [0.1, 0.15) is 65.1 Å². The van der Waals surface area contributed by atoms with Crippen LogP contribution in [0.5, 0.6) is 0 Å². The lowest BCUT2D eigenvalue weighted by atomic mass is 9.74. The van der Waals surface area contributed by atoms with Gasteiger partial charge in [-0.15, -0.1) is 0 Å². The summed E-state index contributed by atoms with van der Waals surface area (Å²) in [4.78, 5) is 23.5. The zero-order valence-electron chi connectivity index (χ0n) is 20.7. The van der Waals surface area contributed by atoms with Crippen molar-refractivity contribution < 1.29 is 14.0 Å². The fraction of sp³-hybridized carbons (Fsp3) is 0.226. The van der Waals surface area contributed by atoms with E-state index in [0.29, 0.717) is 16.0 Å². The monoisotopic (exact) mass is 516 g/mol. The average Bonchev–Trinajstić information content (AvgIpc) is 2.90. The number of halogens is 2. The van der Waals surface area contributed by atoms with Crippen molar-refractivity contribution in [2.24, 2.45) is 5.73 Å². The van der Waals surface area contributed by atoms with Crippen molar-refractivity contribution in [3.8, 4) is 0 Å². The van der Waals surface area contributed by atoms with Crippen LogP contribution < -0.4 is 11.1 Å². The highest BCUT2D eigenvalue weighted by molar-refractivity contribution is 6.30. The molecule has 4 aromatic rings. The Kier molecular flexibility index (Phi) is 8.57. The summed E-state index contributed by atoms with van der Waals surface area (Å²) in [6.07, 6.45) is 1.93. The van der Waals surface area contributed by atoms with Crippen LogP contribution >= 0.6 is 11.6 Å². The van der Waals surface area contributed by atoms with Crippen molar-refractivity contribution in [1.29, 1.82) is 0 Å². The van der Waals surface area contributed by atoms with Crippen LogP contribution in [0, 0.1) is 5.82 Å². The summed E-state index contributed by atoms with van der Waals surface area (Å²) in [7, 11) is 0. The lowest BCUT2D eigenvalue weighted by Gasteiger charge is -2.30. The van der Waals surface area contributed by atoms with Gasteiger partial charge in [-0.1, -0.05) is 79.5 Å². The van der Waals surface area contributed by atoms with Gasteiger partial charge in [0.05, 0.1) is 0 Å². The third-order valence-corrected chi connectivity index (χ3v) is 6.98. The van der Waals surface area contributed by atoms with Gasteiger partial charge in [-0.3, -0.25) is 9.59 Å². The molecule has 190 valence electrons. The molecule has 4 aromatic carbocycles. The van der Waals surface area contributed by atoms with E-state index in [1.54, 1.807) is 18.2 Å². The minimum absolute atomic E-state index is 0.0574. The van der Waals surface area contributed by atoms with Crippen LogP contribution in [0.15, 0.2) is 84.9 Å². The number of carbonyl (C=O) groups excluding carboxylic acids is 2. The maximum atomic E-state index is 14.7. The van der Waals surface area contributed by atoms with E-state index in [1.807, 2.05) is 66.7 Å². The molecule has 37 heavy (non-hydrogen) atoms. The van der Waals surface area contributed by atoms with E-state index in [1.165, 1.54) is 0 Å². The average molecular weight is 517 g/mol. The fourth-order valence-corrected chi connectivity index (χ4v) is 5.10. The molecule has 0 aliphatic carbocycles. The van der Waals surface area contributed by atoms with Gasteiger partial charge < -0.3 is 11.1 Å². The second kappa shape index (κ2) is 12.0. The molecule has 0 aliphatic rings. The van der Waals surface area contributed by atoms with Crippen LogP contribution in [0.4, 0.5) is 4.39 Å². The van der Waals surface area contributed by atoms with Gasteiger partial charge in [0.1, 0.15) is 5.82 Å². The minimum Gasteiger partial charge on any atom is -0.370 e. The number of benzene rings is 4. The van der Waals surface area contributed by atoms with Crippen molar-refractivity contribution in [3.05, 3.63) is 118 Å². The molecule has 2 amide bonds. The third kappa shape index (κ3) is 6.17. The van der Waals surface area contributed by atoms with Gasteiger partial charge >= 0.3 is 0 Å². The Morgan fingerprint density at radius 3 is 2.19 bits per heavy atom. The molecule has 0 aromatic heterocycles. The van der Waals surface area contributed by atoms with Crippen LogP contribution in [0.2, 0.25) is 5.02 Å². The predicted octanol–water partition coefficient (Wildman–Crippen LogP) is 6.95. The van der Waals surface area contributed by atoms with Crippen molar-refractivity contribution in [1.82, 2.24) is 5.32 Å². The molecule has 0 radical (unpaired) electrons. The van der Waals surface area contributed by atoms with Crippen molar-refractivity contribution >= 4 is 34.2 Å². The fourth-order valence-electron chi connectivity index (χ4n) is 4.98. The first-order chi connectivity index (χ1) is 17.9. The number of fused-ring (bicyclic) bond motifs is 1. The molecule has 4 rings (SSSR count). The molecule has 0 aliphatic heterocycles. The highest BCUT2D eigenvalue weighted by Crippen LogP contribution is 2.44. The van der Waals surface area contributed by atoms with Gasteiger partial charge in [0.25, 0.3) is 5.91 Å². The Morgan fingerprint density at radius 2 is 1.54 bits per heavy atom. The van der Waals surface area contributed by atoms with Gasteiger partial charge in [-0.25, -0.2) is 4.39 Å². The van der Waals surface area contributed by atoms with Crippen LogP contribution in [0.25, 0.3) is 10.8 Å². The van der Waals surface area contributed by atoms with Gasteiger partial charge in [-0.05, 0) is 64.7 Å². The van der Waals surface area contributed by atoms with Crippen molar-refractivity contribution in [3.63, 3.8) is 0 Å². The molecule has 6 heteroatoms. The number of hydrogen-bond donors (Lipinski definition) is 2. The minimum atomic E-state index is -0.459. The Labute approximate surface area is 221 Å². The quantitative estimate of drug-likeness (QED) is 0.239. The molecule has 4 nitrogen and oxygen atoms in total. The van der Waals surface area contributed by atoms with Crippen LogP contribution in [0.3, 0.4) is 0 Å². The highest BCUT2D eigenvalue weighted by Gasteiger charge is 2.28. The molecule has 0 heterocycles. The molecule has 2 atom stereocenters. The van der Waals surface area contributed by atoms with E-state index >= 15 is 0 Å². The third-order valence-electron chi connectivity index (χ3n) is 6.73. The zero-order chi connectivity index (χ0) is 26.4. The number of hydrogen-bond acceptors (Lipinski definition) is 2. The molecule has 0 spiro atoms. The van der Waals surface area contributed by atoms with Crippen molar-refractivity contribution in [2.75, 3.05) is 6.54 Å². The Balaban J connectivity index is 1.77. The normalized spacial score (nSPS) is 12.7. The predicted molar refractivity (Wildman–Crippen MR) is 147 cm³/mol. The number of nitrogens with two attached hydrogens (primary N) is 1. The topological polar surface area (TPSA) is 72.2 Å². The SMILES string of the molecule is CCC[C@H](c1ccc(C(=O)NCCC(N)=O)cc1)C(c1ccc(Cl)cc1)c1ccc(F)c2ccccc12. The summed E-state index contributed by atoms with van der Waals surface area (Å²) >= 11 is 6.22. The van der Waals surface area contributed by atoms with E-state index in [4.69, 9.17) is 17.3 Å². The summed E-state index contributed by atoms with van der Waals surface area (Å²) in [5.41, 5.74) is 8.89. The van der Waals surface area contributed by atoms with Gasteiger partial charge in [0.15, 0.2) is 0 Å². The lowest BCUT2D eigenvalue weighted by Crippen LogP contribution is -2.27. The summed E-state index contributed by atoms with van der Waals surface area (Å²) in [6.45, 7) is 2.35. The lowest BCUT2D eigenvalue weighted by molar-refractivity contribution is -0.117. The number of primary amides is 1. The van der Waals surface area contributed by atoms with E-state index < -0.39 is 5.91 Å². The summed E-state index contributed by atoms with van der Waals surface area (Å²) in [5, 5.41) is 4.86. The first kappa shape index (κ1) is 26.4. The number of rotatable bonds is 10. The van der Waals surface area contributed by atoms with Crippen LogP contribution in [-0.2, 0) is 4.79 Å². The number of amides is 2. The highest BCUT2D eigenvalue weighted by atomic mass is 35.5. The van der Waals surface area contributed by atoms with E-state index in [0.717, 1.165) is 34.9 Å². The standard InChI is InChI=1S/C31H30ClFN2O2/c1-2-5-24(20-8-10-22(11-9-20)31(37)35-19-18-29(34)36)30(21-12-14-23(32)15-13-21)27-16-17-28(33)26-7-4-3-6-25(26)27/h3-4,6-17,24,30H,2,5,18-19H2,1H3,(H2,34,36)(H,35,37)/t24-,30?/m1/s1. The van der Waals surface area contributed by atoms with Gasteiger partial charge in [-0.2, -0.15) is 0 Å². The van der Waals surface area contributed by atoms with Gasteiger partial charge in [0, 0.05) is 34.9 Å². The molecular weight excluding hydrogens is 487 g/mol. The Hall–Kier alpha value is -3.70. The molecule has 1 unspecified atom stereocenters. The Morgan fingerprint density at radius 1 is 0.892 bits per heavy atom. The first-order valence-electron chi connectivity index (χ1n) is 12.5. The first-order valence-corrected chi connectivity index (χ1v) is 12.9. The number of nitrogens with one attached hydrogen (secondary N) is 1. The molecule has 0 saturated heterocycles. The molecule has 0 bridgehead atoms. The largest absolute Gasteiger partial charge is 0.370 e. The molecular formula is C31H30ClFN2O2. The van der Waals surface area contributed by atoms with Crippen molar-refractivity contribution in [2.45, 2.75) is 38.0 Å². The van der Waals surface area contributed by atoms with Gasteiger partial charge in [0.2, 0.25) is 5.91 Å². The van der Waals surface area contributed by atoms with Crippen LogP contribution in [-0.4, -0.2) is 18.4 Å². The smallest absolute Gasteiger partial charge is 0.251 e. The van der Waals surface area contributed by atoms with E-state index in [2.05, 4.69) is 12.2 Å². The summed E-state index contributed by atoms with van der Waals surface area (Å²) < 4.78 is 14.7. The maximum absolute atomic E-state index is 14.7. The maximum Gasteiger partial charge on any atom is 0.251 e. The van der Waals surface area contributed by atoms with E-state index in [-0.39, 0.29) is 36.5 Å². The molecule has 3 N–H and O–H groups in total. The van der Waals surface area contributed by atoms with E-state index in [9.17, 15) is 14.0 Å². The molecule has 0 saturated carbocycles. The second-order valence-electron chi connectivity index (χ2n) is 9.20. The molecule has 0 fully saturated rings. The zero-order valence-corrected chi connectivity index (χ0v) is 21.5. The number of carbonyl (C=O) groups is 2. The summed E-state index contributed by atoms with van der Waals surface area (Å²) in [6, 6.07) is 26.4. The second-order valence-corrected chi connectivity index (χ2v) is 9.64. The summed E-state index contributed by atoms with van der Waals surface area (Å²) in [5.74, 6) is -0.934.